The molecule has 0 bridgehead atoms. The SMILES string of the molecule is O=C(N=c1sccn1Cc1ccccc1)C1CCN(C(=O)Nc2ccccc2)CC1. The van der Waals surface area contributed by atoms with Crippen LogP contribution in [0.25, 0.3) is 0 Å². The van der Waals surface area contributed by atoms with E-state index < -0.39 is 0 Å². The van der Waals surface area contributed by atoms with E-state index in [0.29, 0.717) is 37.3 Å². The lowest BCUT2D eigenvalue weighted by Gasteiger charge is -2.30. The molecule has 6 nitrogen and oxygen atoms in total. The first-order valence-electron chi connectivity index (χ1n) is 10.1. The van der Waals surface area contributed by atoms with Gasteiger partial charge < -0.3 is 14.8 Å². The van der Waals surface area contributed by atoms with Crippen molar-refractivity contribution in [2.24, 2.45) is 10.9 Å². The minimum Gasteiger partial charge on any atom is -0.324 e. The Morgan fingerprint density at radius 3 is 2.37 bits per heavy atom. The van der Waals surface area contributed by atoms with E-state index in [1.165, 1.54) is 16.9 Å². The van der Waals surface area contributed by atoms with Crippen LogP contribution in [0.15, 0.2) is 77.2 Å². The van der Waals surface area contributed by atoms with E-state index >= 15 is 0 Å². The number of para-hydroxylation sites is 1. The molecule has 2 aromatic carbocycles. The van der Waals surface area contributed by atoms with E-state index in [9.17, 15) is 9.59 Å². The van der Waals surface area contributed by atoms with Crippen molar-refractivity contribution in [1.82, 2.24) is 9.47 Å². The number of urea groups is 1. The molecule has 7 heteroatoms. The van der Waals surface area contributed by atoms with Gasteiger partial charge in [0.1, 0.15) is 0 Å². The van der Waals surface area contributed by atoms with Crippen LogP contribution in [0.2, 0.25) is 0 Å². The number of hydrogen-bond donors (Lipinski definition) is 1. The van der Waals surface area contributed by atoms with Gasteiger partial charge in [-0.1, -0.05) is 48.5 Å². The lowest BCUT2D eigenvalue weighted by atomic mass is 9.96. The number of aromatic nitrogens is 1. The molecule has 4 rings (SSSR count). The summed E-state index contributed by atoms with van der Waals surface area (Å²) in [5.41, 5.74) is 1.94. The maximum atomic E-state index is 12.7. The molecule has 3 aromatic rings. The Kier molecular flexibility index (Phi) is 6.39. The molecule has 0 atom stereocenters. The summed E-state index contributed by atoms with van der Waals surface area (Å²) in [4.78, 5) is 32.0. The summed E-state index contributed by atoms with van der Waals surface area (Å²) in [5, 5.41) is 4.85. The first kappa shape index (κ1) is 20.1. The van der Waals surface area contributed by atoms with Crippen LogP contribution in [0.1, 0.15) is 18.4 Å². The predicted octanol–water partition coefficient (Wildman–Crippen LogP) is 3.97. The highest BCUT2D eigenvalue weighted by atomic mass is 32.1. The minimum atomic E-state index is -0.141. The smallest absolute Gasteiger partial charge is 0.321 e. The molecule has 1 aromatic heterocycles. The van der Waals surface area contributed by atoms with Gasteiger partial charge in [-0.2, -0.15) is 4.99 Å². The number of nitrogens with one attached hydrogen (secondary N) is 1. The fourth-order valence-corrected chi connectivity index (χ4v) is 4.26. The van der Waals surface area contributed by atoms with Crippen LogP contribution < -0.4 is 10.1 Å². The van der Waals surface area contributed by atoms with Gasteiger partial charge in [0.15, 0.2) is 4.80 Å². The molecular formula is C23H24N4O2S. The summed E-state index contributed by atoms with van der Waals surface area (Å²) in [7, 11) is 0. The number of benzene rings is 2. The molecular weight excluding hydrogens is 396 g/mol. The third-order valence-corrected chi connectivity index (χ3v) is 6.01. The Morgan fingerprint density at radius 1 is 1.00 bits per heavy atom. The van der Waals surface area contributed by atoms with Crippen LogP contribution in [0.4, 0.5) is 10.5 Å². The summed E-state index contributed by atoms with van der Waals surface area (Å²) in [6.07, 6.45) is 3.23. The van der Waals surface area contributed by atoms with Crippen LogP contribution >= 0.6 is 11.3 Å². The first-order chi connectivity index (χ1) is 14.7. The Morgan fingerprint density at radius 2 is 1.67 bits per heavy atom. The number of amides is 3. The van der Waals surface area contributed by atoms with E-state index in [-0.39, 0.29) is 17.9 Å². The second-order valence-electron chi connectivity index (χ2n) is 7.31. The highest BCUT2D eigenvalue weighted by molar-refractivity contribution is 7.07. The highest BCUT2D eigenvalue weighted by Gasteiger charge is 2.27. The largest absolute Gasteiger partial charge is 0.324 e. The zero-order valence-corrected chi connectivity index (χ0v) is 17.4. The number of piperidine rings is 1. The van der Waals surface area contributed by atoms with Gasteiger partial charge in [0, 0.05) is 42.8 Å². The van der Waals surface area contributed by atoms with Gasteiger partial charge in [0.2, 0.25) is 0 Å². The predicted molar refractivity (Wildman–Crippen MR) is 118 cm³/mol. The normalized spacial score (nSPS) is 15.2. The van der Waals surface area contributed by atoms with Crippen LogP contribution in [0.5, 0.6) is 0 Å². The zero-order valence-electron chi connectivity index (χ0n) is 16.6. The van der Waals surface area contributed by atoms with Crippen molar-refractivity contribution in [3.63, 3.8) is 0 Å². The number of carbonyl (C=O) groups is 2. The molecule has 1 aliphatic rings. The van der Waals surface area contributed by atoms with Crippen LogP contribution in [0, 0.1) is 5.92 Å². The van der Waals surface area contributed by atoms with Crippen molar-refractivity contribution in [2.45, 2.75) is 19.4 Å². The van der Waals surface area contributed by atoms with Crippen molar-refractivity contribution < 1.29 is 9.59 Å². The molecule has 1 saturated heterocycles. The summed E-state index contributed by atoms with van der Waals surface area (Å²) >= 11 is 1.47. The Bertz CT molecular complexity index is 1050. The van der Waals surface area contributed by atoms with Gasteiger partial charge >= 0.3 is 6.03 Å². The van der Waals surface area contributed by atoms with Crippen molar-refractivity contribution in [2.75, 3.05) is 18.4 Å². The fraction of sp³-hybridized carbons (Fsp3) is 0.261. The van der Waals surface area contributed by atoms with Crippen LogP contribution in [-0.2, 0) is 11.3 Å². The number of rotatable bonds is 4. The lowest BCUT2D eigenvalue weighted by Crippen LogP contribution is -2.42. The topological polar surface area (TPSA) is 66.7 Å². The van der Waals surface area contributed by atoms with E-state index in [0.717, 1.165) is 5.69 Å². The number of likely N-dealkylation sites (tertiary alicyclic amines) is 1. The van der Waals surface area contributed by atoms with E-state index in [1.54, 1.807) is 4.90 Å². The molecule has 2 heterocycles. The number of carbonyl (C=O) groups excluding carboxylic acids is 2. The molecule has 1 aliphatic heterocycles. The molecule has 3 amide bonds. The molecule has 0 saturated carbocycles. The first-order valence-corrected chi connectivity index (χ1v) is 10.9. The van der Waals surface area contributed by atoms with Gasteiger partial charge in [0.05, 0.1) is 0 Å². The number of thiazole rings is 1. The molecule has 0 radical (unpaired) electrons. The molecule has 1 fully saturated rings. The number of nitrogens with zero attached hydrogens (tertiary/aromatic N) is 3. The second-order valence-corrected chi connectivity index (χ2v) is 8.18. The summed E-state index contributed by atoms with van der Waals surface area (Å²) in [6.45, 7) is 1.80. The van der Waals surface area contributed by atoms with E-state index in [2.05, 4.69) is 22.4 Å². The zero-order chi connectivity index (χ0) is 20.8. The summed E-state index contributed by atoms with van der Waals surface area (Å²) in [5.74, 6) is -0.236. The fourth-order valence-electron chi connectivity index (χ4n) is 3.53. The lowest BCUT2D eigenvalue weighted by molar-refractivity contribution is -0.123. The van der Waals surface area contributed by atoms with Gasteiger partial charge in [-0.25, -0.2) is 4.79 Å². The molecule has 154 valence electrons. The van der Waals surface area contributed by atoms with Crippen molar-refractivity contribution >= 4 is 29.0 Å². The second kappa shape index (κ2) is 9.54. The Hall–Kier alpha value is -3.19. The van der Waals surface area contributed by atoms with Crippen molar-refractivity contribution in [3.05, 3.63) is 82.6 Å². The van der Waals surface area contributed by atoms with E-state index in [4.69, 9.17) is 0 Å². The average Bonchev–Trinajstić information content (AvgIpc) is 3.21. The Balaban J connectivity index is 1.35. The maximum Gasteiger partial charge on any atom is 0.321 e. The van der Waals surface area contributed by atoms with Crippen LogP contribution in [0.3, 0.4) is 0 Å². The molecule has 30 heavy (non-hydrogen) atoms. The molecule has 0 unspecified atom stereocenters. The monoisotopic (exact) mass is 420 g/mol. The summed E-state index contributed by atoms with van der Waals surface area (Å²) in [6, 6.07) is 19.4. The molecule has 0 spiro atoms. The van der Waals surface area contributed by atoms with Gasteiger partial charge in [-0.05, 0) is 30.5 Å². The van der Waals surface area contributed by atoms with Gasteiger partial charge in [-0.3, -0.25) is 4.79 Å². The minimum absolute atomic E-state index is 0.0950. The summed E-state index contributed by atoms with van der Waals surface area (Å²) < 4.78 is 2.00. The van der Waals surface area contributed by atoms with Gasteiger partial charge in [-0.15, -0.1) is 11.3 Å². The highest BCUT2D eigenvalue weighted by Crippen LogP contribution is 2.19. The van der Waals surface area contributed by atoms with Crippen molar-refractivity contribution in [3.8, 4) is 0 Å². The third kappa shape index (κ3) is 5.04. The Labute approximate surface area is 179 Å². The number of hydrogen-bond acceptors (Lipinski definition) is 3. The quantitative estimate of drug-likeness (QED) is 0.694. The average molecular weight is 421 g/mol. The number of anilines is 1. The maximum absolute atomic E-state index is 12.7. The van der Waals surface area contributed by atoms with Crippen molar-refractivity contribution in [1.29, 1.82) is 0 Å². The standard InChI is InChI=1S/C23H24N4O2S/c28-21(25-23-27(15-16-30-23)17-18-7-3-1-4-8-18)19-11-13-26(14-12-19)22(29)24-20-9-5-2-6-10-20/h1-10,15-16,19H,11-14,17H2,(H,24,29). The molecule has 1 N–H and O–H groups in total. The van der Waals surface area contributed by atoms with Crippen LogP contribution in [-0.4, -0.2) is 34.5 Å². The third-order valence-electron chi connectivity index (χ3n) is 5.22. The van der Waals surface area contributed by atoms with E-state index in [1.807, 2.05) is 64.7 Å². The van der Waals surface area contributed by atoms with Gasteiger partial charge in [0.25, 0.3) is 5.91 Å². The molecule has 0 aliphatic carbocycles.